The maximum absolute atomic E-state index is 12.2. The molecule has 0 saturated heterocycles. The van der Waals surface area contributed by atoms with Crippen molar-refractivity contribution in [2.24, 2.45) is 7.05 Å². The van der Waals surface area contributed by atoms with Crippen molar-refractivity contribution >= 4 is 27.7 Å². The number of aromatic nitrogens is 4. The molecule has 0 unspecified atom stereocenters. The summed E-state index contributed by atoms with van der Waals surface area (Å²) < 4.78 is 8.83. The zero-order chi connectivity index (χ0) is 18.8. The Kier molecular flexibility index (Phi) is 4.89. The van der Waals surface area contributed by atoms with E-state index in [1.54, 1.807) is 16.8 Å². The third-order valence-electron chi connectivity index (χ3n) is 3.63. The Labute approximate surface area is 156 Å². The van der Waals surface area contributed by atoms with Crippen molar-refractivity contribution in [2.75, 3.05) is 0 Å². The quantitative estimate of drug-likeness (QED) is 0.479. The lowest BCUT2D eigenvalue weighted by Crippen LogP contribution is -2.22. The molecular formula is C15H15BrN6O4. The summed E-state index contributed by atoms with van der Waals surface area (Å²) in [5, 5.41) is 21.6. The number of aryl methyl sites for hydroxylation is 2. The Bertz CT molecular complexity index is 973. The van der Waals surface area contributed by atoms with Gasteiger partial charge in [0.05, 0.1) is 17.0 Å². The number of nitro groups is 1. The highest BCUT2D eigenvalue weighted by Gasteiger charge is 2.20. The molecule has 0 spiro atoms. The first-order chi connectivity index (χ1) is 12.3. The Hall–Kier alpha value is -2.95. The van der Waals surface area contributed by atoms with Crippen molar-refractivity contribution in [3.63, 3.8) is 0 Å². The van der Waals surface area contributed by atoms with Gasteiger partial charge >= 0.3 is 5.82 Å². The van der Waals surface area contributed by atoms with E-state index in [-0.39, 0.29) is 28.5 Å². The van der Waals surface area contributed by atoms with E-state index >= 15 is 0 Å². The third kappa shape index (κ3) is 3.82. The maximum Gasteiger partial charge on any atom is 0.404 e. The molecule has 0 radical (unpaired) electrons. The van der Waals surface area contributed by atoms with Crippen molar-refractivity contribution in [1.29, 1.82) is 0 Å². The summed E-state index contributed by atoms with van der Waals surface area (Å²) >= 11 is 3.08. The molecule has 0 atom stereocenters. The summed E-state index contributed by atoms with van der Waals surface area (Å²) in [6, 6.07) is 3.18. The van der Waals surface area contributed by atoms with Crippen LogP contribution in [0.1, 0.15) is 27.6 Å². The van der Waals surface area contributed by atoms with Crippen LogP contribution in [-0.4, -0.2) is 30.4 Å². The fourth-order valence-electron chi connectivity index (χ4n) is 2.42. The van der Waals surface area contributed by atoms with Crippen LogP contribution in [0.25, 0.3) is 0 Å². The number of amides is 1. The summed E-state index contributed by atoms with van der Waals surface area (Å²) in [6.45, 7) is 2.38. The van der Waals surface area contributed by atoms with E-state index in [4.69, 9.17) is 4.42 Å². The van der Waals surface area contributed by atoms with Gasteiger partial charge < -0.3 is 19.8 Å². The molecule has 1 amide bonds. The van der Waals surface area contributed by atoms with Crippen LogP contribution in [0, 0.1) is 17.0 Å². The topological polar surface area (TPSA) is 121 Å². The number of hydrogen-bond acceptors (Lipinski definition) is 6. The predicted molar refractivity (Wildman–Crippen MR) is 93.5 cm³/mol. The van der Waals surface area contributed by atoms with Crippen molar-refractivity contribution in [1.82, 2.24) is 24.9 Å². The van der Waals surface area contributed by atoms with E-state index in [0.29, 0.717) is 12.3 Å². The second-order valence-electron chi connectivity index (χ2n) is 5.62. The van der Waals surface area contributed by atoms with E-state index in [0.717, 1.165) is 11.3 Å². The molecule has 136 valence electrons. The third-order valence-corrected chi connectivity index (χ3v) is 4.19. The molecule has 0 aliphatic carbocycles. The normalized spacial score (nSPS) is 10.9. The average Bonchev–Trinajstić information content (AvgIpc) is 3.25. The van der Waals surface area contributed by atoms with Crippen LogP contribution < -0.4 is 5.32 Å². The first-order valence-corrected chi connectivity index (χ1v) is 8.36. The summed E-state index contributed by atoms with van der Waals surface area (Å²) in [5.74, 6) is -0.0200. The highest BCUT2D eigenvalue weighted by atomic mass is 79.9. The van der Waals surface area contributed by atoms with Crippen molar-refractivity contribution < 1.29 is 14.1 Å². The molecule has 3 rings (SSSR count). The van der Waals surface area contributed by atoms with Crippen LogP contribution in [0.2, 0.25) is 0 Å². The summed E-state index contributed by atoms with van der Waals surface area (Å²) in [6.07, 6.45) is 3.32. The van der Waals surface area contributed by atoms with E-state index in [1.807, 2.05) is 20.2 Å². The smallest absolute Gasteiger partial charge is 0.404 e. The van der Waals surface area contributed by atoms with E-state index in [9.17, 15) is 14.9 Å². The van der Waals surface area contributed by atoms with Gasteiger partial charge in [-0.2, -0.15) is 9.78 Å². The van der Waals surface area contributed by atoms with Gasteiger partial charge in [-0.25, -0.2) is 0 Å². The minimum atomic E-state index is -0.581. The number of nitrogens with zero attached hydrogens (tertiary/aromatic N) is 5. The predicted octanol–water partition coefficient (Wildman–Crippen LogP) is 2.17. The van der Waals surface area contributed by atoms with Gasteiger partial charge in [0.1, 0.15) is 16.8 Å². The molecule has 3 aromatic rings. The average molecular weight is 423 g/mol. The zero-order valence-electron chi connectivity index (χ0n) is 14.0. The monoisotopic (exact) mass is 422 g/mol. The molecule has 0 saturated carbocycles. The molecule has 11 heteroatoms. The molecule has 10 nitrogen and oxygen atoms in total. The minimum absolute atomic E-state index is 0.155. The van der Waals surface area contributed by atoms with Crippen LogP contribution >= 0.6 is 15.9 Å². The number of nitrogens with one attached hydrogen (secondary N) is 1. The molecular weight excluding hydrogens is 408 g/mol. The summed E-state index contributed by atoms with van der Waals surface area (Å²) in [5.41, 5.74) is 1.76. The molecule has 1 N–H and O–H groups in total. The van der Waals surface area contributed by atoms with Gasteiger partial charge in [0.25, 0.3) is 5.91 Å². The number of carbonyl (C=O) groups excluding carboxylic acids is 1. The van der Waals surface area contributed by atoms with Gasteiger partial charge in [0.2, 0.25) is 0 Å². The van der Waals surface area contributed by atoms with Crippen molar-refractivity contribution in [2.45, 2.75) is 20.0 Å². The fourth-order valence-corrected chi connectivity index (χ4v) is 2.88. The molecule has 0 aromatic carbocycles. The van der Waals surface area contributed by atoms with Gasteiger partial charge in [-0.05, 0) is 39.9 Å². The second-order valence-corrected chi connectivity index (χ2v) is 6.47. The summed E-state index contributed by atoms with van der Waals surface area (Å²) in [7, 11) is 1.81. The zero-order valence-corrected chi connectivity index (χ0v) is 15.6. The highest BCUT2D eigenvalue weighted by Crippen LogP contribution is 2.22. The van der Waals surface area contributed by atoms with E-state index < -0.39 is 4.92 Å². The molecule has 0 fully saturated rings. The highest BCUT2D eigenvalue weighted by molar-refractivity contribution is 9.10. The number of hydrogen-bond donors (Lipinski definition) is 1. The van der Waals surface area contributed by atoms with E-state index in [1.165, 1.54) is 10.9 Å². The Morgan fingerprint density at radius 3 is 2.77 bits per heavy atom. The van der Waals surface area contributed by atoms with Gasteiger partial charge in [-0.15, -0.1) is 0 Å². The SMILES string of the molecule is Cc1nn(C)cc1CNC(=O)c1ccc(Cn2cc(Br)c([N+](=O)[O-])n2)o1. The fraction of sp³-hybridized carbons (Fsp3) is 0.267. The number of carbonyl (C=O) groups is 1. The summed E-state index contributed by atoms with van der Waals surface area (Å²) in [4.78, 5) is 22.4. The number of halogens is 1. The van der Waals surface area contributed by atoms with Crippen LogP contribution in [0.4, 0.5) is 5.82 Å². The largest absolute Gasteiger partial charge is 0.454 e. The molecule has 26 heavy (non-hydrogen) atoms. The molecule has 3 heterocycles. The van der Waals surface area contributed by atoms with Crippen LogP contribution in [0.15, 0.2) is 33.4 Å². The number of rotatable bonds is 6. The standard InChI is InChI=1S/C15H15BrN6O4/c1-9-10(6-20(2)18-9)5-17-15(23)13-4-3-11(26-13)7-21-8-12(16)14(19-21)22(24)25/h3-4,6,8H,5,7H2,1-2H3,(H,17,23). The minimum Gasteiger partial charge on any atom is -0.454 e. The molecule has 0 aliphatic heterocycles. The van der Waals surface area contributed by atoms with Crippen LogP contribution in [0.5, 0.6) is 0 Å². The molecule has 0 aliphatic rings. The van der Waals surface area contributed by atoms with Gasteiger partial charge in [0.15, 0.2) is 5.76 Å². The van der Waals surface area contributed by atoms with Crippen LogP contribution in [0.3, 0.4) is 0 Å². The van der Waals surface area contributed by atoms with Gasteiger partial charge in [0, 0.05) is 25.4 Å². The Balaban J connectivity index is 1.63. The molecule has 0 bridgehead atoms. The van der Waals surface area contributed by atoms with Crippen LogP contribution in [-0.2, 0) is 20.1 Å². The Morgan fingerprint density at radius 2 is 2.15 bits per heavy atom. The lowest BCUT2D eigenvalue weighted by Gasteiger charge is -2.01. The first kappa shape index (κ1) is 17.9. The maximum atomic E-state index is 12.2. The van der Waals surface area contributed by atoms with E-state index in [2.05, 4.69) is 31.4 Å². The first-order valence-electron chi connectivity index (χ1n) is 7.57. The molecule has 3 aromatic heterocycles. The lowest BCUT2D eigenvalue weighted by molar-refractivity contribution is -0.390. The van der Waals surface area contributed by atoms with Crippen molar-refractivity contribution in [3.8, 4) is 0 Å². The van der Waals surface area contributed by atoms with Gasteiger partial charge in [-0.1, -0.05) is 0 Å². The van der Waals surface area contributed by atoms with Crippen molar-refractivity contribution in [3.05, 3.63) is 61.9 Å². The lowest BCUT2D eigenvalue weighted by atomic mass is 10.2. The second kappa shape index (κ2) is 7.12. The van der Waals surface area contributed by atoms with Gasteiger partial charge in [-0.3, -0.25) is 9.48 Å². The Morgan fingerprint density at radius 1 is 1.38 bits per heavy atom. The number of furan rings is 1.